The van der Waals surface area contributed by atoms with E-state index in [0.29, 0.717) is 6.42 Å². The van der Waals surface area contributed by atoms with Crippen LogP contribution in [-0.2, 0) is 4.79 Å². The average Bonchev–Trinajstić information content (AvgIpc) is 2.07. The van der Waals surface area contributed by atoms with Gasteiger partial charge in [0.05, 0.1) is 0 Å². The van der Waals surface area contributed by atoms with E-state index in [1.54, 1.807) is 0 Å². The fourth-order valence-corrected chi connectivity index (χ4v) is 1.89. The number of carbonyl (C=O) groups excluding carboxylic acids is 1. The highest BCUT2D eigenvalue weighted by Crippen LogP contribution is 2.40. The molecule has 0 amide bonds. The molecule has 0 fully saturated rings. The molecule has 0 aromatic rings. The molecule has 2 heteroatoms. The third-order valence-electron chi connectivity index (χ3n) is 2.84. The van der Waals surface area contributed by atoms with E-state index in [-0.39, 0.29) is 17.0 Å². The third kappa shape index (κ3) is 1.93. The second kappa shape index (κ2) is 3.52. The zero-order valence-electron chi connectivity index (χ0n) is 8.68. The Hall–Kier alpha value is -0.790. The van der Waals surface area contributed by atoms with Gasteiger partial charge >= 0.3 is 0 Å². The van der Waals surface area contributed by atoms with Gasteiger partial charge in [-0.05, 0) is 23.8 Å². The minimum Gasteiger partial charge on any atom is -0.504 e. The largest absolute Gasteiger partial charge is 0.504 e. The first-order valence-corrected chi connectivity index (χ1v) is 4.95. The van der Waals surface area contributed by atoms with Crippen LogP contribution in [-0.4, -0.2) is 10.9 Å². The third-order valence-corrected chi connectivity index (χ3v) is 2.84. The SMILES string of the molecule is CCCC1=C(O)C(=O)CCC1(C)C. The van der Waals surface area contributed by atoms with Gasteiger partial charge in [-0.15, -0.1) is 0 Å². The fraction of sp³-hybridized carbons (Fsp3) is 0.727. The van der Waals surface area contributed by atoms with Crippen molar-refractivity contribution in [3.05, 3.63) is 11.3 Å². The van der Waals surface area contributed by atoms with E-state index < -0.39 is 0 Å². The lowest BCUT2D eigenvalue weighted by molar-refractivity contribution is -0.119. The van der Waals surface area contributed by atoms with Crippen molar-refractivity contribution in [2.45, 2.75) is 46.5 Å². The lowest BCUT2D eigenvalue weighted by Gasteiger charge is -2.32. The van der Waals surface area contributed by atoms with E-state index in [2.05, 4.69) is 20.8 Å². The van der Waals surface area contributed by atoms with Crippen LogP contribution in [0.5, 0.6) is 0 Å². The first-order chi connectivity index (χ1) is 5.99. The zero-order chi connectivity index (χ0) is 10.1. The molecule has 0 saturated heterocycles. The molecule has 0 bridgehead atoms. The molecule has 0 heterocycles. The highest BCUT2D eigenvalue weighted by atomic mass is 16.3. The Balaban J connectivity index is 3.02. The Kier molecular flexibility index (Phi) is 2.79. The van der Waals surface area contributed by atoms with E-state index in [1.807, 2.05) is 0 Å². The van der Waals surface area contributed by atoms with E-state index in [9.17, 15) is 9.90 Å². The van der Waals surface area contributed by atoms with Gasteiger partial charge in [-0.1, -0.05) is 27.2 Å². The van der Waals surface area contributed by atoms with Crippen LogP contribution in [0.4, 0.5) is 0 Å². The topological polar surface area (TPSA) is 37.3 Å². The second-order valence-electron chi connectivity index (χ2n) is 4.38. The number of aliphatic hydroxyl groups excluding tert-OH is 1. The Morgan fingerprint density at radius 3 is 2.62 bits per heavy atom. The molecule has 1 rings (SSSR count). The maximum absolute atomic E-state index is 11.3. The lowest BCUT2D eigenvalue weighted by atomic mass is 9.73. The molecule has 1 N–H and O–H groups in total. The van der Waals surface area contributed by atoms with E-state index >= 15 is 0 Å². The Morgan fingerprint density at radius 2 is 2.08 bits per heavy atom. The number of aliphatic hydroxyl groups is 1. The number of Topliss-reactive ketones (excluding diaryl/α,β-unsaturated/α-hetero) is 1. The summed E-state index contributed by atoms with van der Waals surface area (Å²) in [6.45, 7) is 6.26. The summed E-state index contributed by atoms with van der Waals surface area (Å²) in [5.74, 6) is -0.0409. The molecule has 74 valence electrons. The van der Waals surface area contributed by atoms with Gasteiger partial charge in [0.25, 0.3) is 0 Å². The van der Waals surface area contributed by atoms with Gasteiger partial charge in [0.1, 0.15) is 0 Å². The number of ketones is 1. The Morgan fingerprint density at radius 1 is 1.46 bits per heavy atom. The summed E-state index contributed by atoms with van der Waals surface area (Å²) < 4.78 is 0. The van der Waals surface area contributed by atoms with Crippen LogP contribution < -0.4 is 0 Å². The van der Waals surface area contributed by atoms with Crippen molar-refractivity contribution in [1.29, 1.82) is 0 Å². The maximum Gasteiger partial charge on any atom is 0.197 e. The van der Waals surface area contributed by atoms with Crippen LogP contribution in [0.15, 0.2) is 11.3 Å². The highest BCUT2D eigenvalue weighted by Gasteiger charge is 2.33. The standard InChI is InChI=1S/C11H18O2/c1-4-5-8-10(13)9(12)6-7-11(8,2)3/h13H,4-7H2,1-3H3. The molecule has 0 saturated carbocycles. The summed E-state index contributed by atoms with van der Waals surface area (Å²) in [5, 5.41) is 9.63. The molecule has 0 aromatic heterocycles. The quantitative estimate of drug-likeness (QED) is 0.712. The van der Waals surface area contributed by atoms with Gasteiger partial charge in [-0.3, -0.25) is 4.79 Å². The smallest absolute Gasteiger partial charge is 0.197 e. The molecule has 1 aliphatic rings. The first-order valence-electron chi connectivity index (χ1n) is 4.95. The van der Waals surface area contributed by atoms with Crippen LogP contribution in [0.1, 0.15) is 46.5 Å². The van der Waals surface area contributed by atoms with Crippen molar-refractivity contribution in [1.82, 2.24) is 0 Å². The molecular weight excluding hydrogens is 164 g/mol. The van der Waals surface area contributed by atoms with Crippen molar-refractivity contribution in [2.75, 3.05) is 0 Å². The van der Waals surface area contributed by atoms with Crippen molar-refractivity contribution >= 4 is 5.78 Å². The molecular formula is C11H18O2. The van der Waals surface area contributed by atoms with Crippen LogP contribution >= 0.6 is 0 Å². The highest BCUT2D eigenvalue weighted by molar-refractivity contribution is 5.94. The van der Waals surface area contributed by atoms with Crippen molar-refractivity contribution in [3.8, 4) is 0 Å². The van der Waals surface area contributed by atoms with Gasteiger partial charge in [-0.25, -0.2) is 0 Å². The summed E-state index contributed by atoms with van der Waals surface area (Å²) in [6.07, 6.45) is 3.18. The monoisotopic (exact) mass is 182 g/mol. The summed E-state index contributed by atoms with van der Waals surface area (Å²) in [7, 11) is 0. The van der Waals surface area contributed by atoms with Gasteiger partial charge in [-0.2, -0.15) is 0 Å². The normalized spacial score (nSPS) is 22.2. The number of carbonyl (C=O) groups is 1. The average molecular weight is 182 g/mol. The molecule has 2 nitrogen and oxygen atoms in total. The molecule has 0 radical (unpaired) electrons. The van der Waals surface area contributed by atoms with Gasteiger partial charge in [0, 0.05) is 6.42 Å². The molecule has 0 aromatic carbocycles. The van der Waals surface area contributed by atoms with Crippen molar-refractivity contribution < 1.29 is 9.90 Å². The second-order valence-corrected chi connectivity index (χ2v) is 4.38. The van der Waals surface area contributed by atoms with E-state index in [1.165, 1.54) is 0 Å². The molecule has 0 aliphatic heterocycles. The van der Waals surface area contributed by atoms with Crippen molar-refractivity contribution in [2.24, 2.45) is 5.41 Å². The Bertz CT molecular complexity index is 249. The summed E-state index contributed by atoms with van der Waals surface area (Å²) in [4.78, 5) is 11.3. The fourth-order valence-electron chi connectivity index (χ4n) is 1.89. The van der Waals surface area contributed by atoms with Crippen LogP contribution in [0.25, 0.3) is 0 Å². The van der Waals surface area contributed by atoms with E-state index in [4.69, 9.17) is 0 Å². The van der Waals surface area contributed by atoms with Crippen LogP contribution in [0.3, 0.4) is 0 Å². The van der Waals surface area contributed by atoms with Gasteiger partial charge < -0.3 is 5.11 Å². The lowest BCUT2D eigenvalue weighted by Crippen LogP contribution is -2.26. The van der Waals surface area contributed by atoms with Crippen LogP contribution in [0.2, 0.25) is 0 Å². The molecule has 1 aliphatic carbocycles. The predicted molar refractivity (Wildman–Crippen MR) is 52.6 cm³/mol. The molecule has 0 spiro atoms. The minimum atomic E-state index is -0.0808. The molecule has 13 heavy (non-hydrogen) atoms. The number of hydrogen-bond donors (Lipinski definition) is 1. The number of allylic oxidation sites excluding steroid dienone is 2. The molecule has 0 atom stereocenters. The van der Waals surface area contributed by atoms with Crippen LogP contribution in [0, 0.1) is 5.41 Å². The summed E-state index contributed by atoms with van der Waals surface area (Å²) >= 11 is 0. The zero-order valence-corrected chi connectivity index (χ0v) is 8.68. The maximum atomic E-state index is 11.3. The van der Waals surface area contributed by atoms with Gasteiger partial charge in [0.15, 0.2) is 11.5 Å². The van der Waals surface area contributed by atoms with E-state index in [0.717, 1.165) is 24.8 Å². The predicted octanol–water partition coefficient (Wildman–Crippen LogP) is 2.99. The minimum absolute atomic E-state index is 0.00794. The summed E-state index contributed by atoms with van der Waals surface area (Å²) in [6, 6.07) is 0. The molecule has 0 unspecified atom stereocenters. The summed E-state index contributed by atoms with van der Waals surface area (Å²) in [5.41, 5.74) is 0.958. The Labute approximate surface area is 79.6 Å². The number of hydrogen-bond acceptors (Lipinski definition) is 2. The first kappa shape index (κ1) is 10.3. The van der Waals surface area contributed by atoms with Gasteiger partial charge in [0.2, 0.25) is 0 Å². The van der Waals surface area contributed by atoms with Crippen molar-refractivity contribution in [3.63, 3.8) is 0 Å². The number of rotatable bonds is 2.